The Labute approximate surface area is 123 Å². The Balaban J connectivity index is 1.72. The van der Waals surface area contributed by atoms with Crippen molar-refractivity contribution in [2.75, 3.05) is 13.2 Å². The lowest BCUT2D eigenvalue weighted by atomic mass is 10.1. The molecule has 21 heavy (non-hydrogen) atoms. The van der Waals surface area contributed by atoms with Gasteiger partial charge in [0, 0.05) is 18.3 Å². The van der Waals surface area contributed by atoms with E-state index in [2.05, 4.69) is 15.6 Å². The fourth-order valence-electron chi connectivity index (χ4n) is 2.34. The van der Waals surface area contributed by atoms with E-state index in [-0.39, 0.29) is 5.91 Å². The van der Waals surface area contributed by atoms with E-state index in [1.165, 1.54) is 0 Å². The molecule has 1 aliphatic rings. The van der Waals surface area contributed by atoms with Gasteiger partial charge in [-0.15, -0.1) is 0 Å². The van der Waals surface area contributed by atoms with Crippen LogP contribution in [-0.2, 0) is 11.3 Å². The van der Waals surface area contributed by atoms with Crippen LogP contribution < -0.4 is 15.4 Å². The van der Waals surface area contributed by atoms with Gasteiger partial charge >= 0.3 is 0 Å². The Morgan fingerprint density at radius 2 is 2.14 bits per heavy atom. The summed E-state index contributed by atoms with van der Waals surface area (Å²) in [6, 6.07) is 12.9. The van der Waals surface area contributed by atoms with Gasteiger partial charge in [-0.25, -0.2) is 0 Å². The summed E-state index contributed by atoms with van der Waals surface area (Å²) in [6.07, 6.45) is 1.72. The molecule has 2 aromatic rings. The number of aromatic nitrogens is 1. The summed E-state index contributed by atoms with van der Waals surface area (Å²) in [5.41, 5.74) is 1.71. The molecule has 1 amide bonds. The molecule has 108 valence electrons. The summed E-state index contributed by atoms with van der Waals surface area (Å²) in [6.45, 7) is 1.61. The number of hydrogen-bond acceptors (Lipinski definition) is 4. The average molecular weight is 283 g/mol. The maximum Gasteiger partial charge on any atom is 0.242 e. The number of carbonyl (C=O) groups excluding carboxylic acids is 1. The van der Waals surface area contributed by atoms with Crippen molar-refractivity contribution < 1.29 is 9.53 Å². The van der Waals surface area contributed by atoms with Crippen molar-refractivity contribution >= 4 is 5.91 Å². The molecule has 0 bridgehead atoms. The van der Waals surface area contributed by atoms with Gasteiger partial charge < -0.3 is 10.1 Å². The summed E-state index contributed by atoms with van der Waals surface area (Å²) in [5.74, 6) is 0.694. The highest BCUT2D eigenvalue weighted by atomic mass is 16.5. The largest absolute Gasteiger partial charge is 0.492 e. The molecule has 1 unspecified atom stereocenters. The predicted molar refractivity (Wildman–Crippen MR) is 78.8 cm³/mol. The Bertz CT molecular complexity index is 616. The van der Waals surface area contributed by atoms with Crippen molar-refractivity contribution in [3.05, 3.63) is 59.9 Å². The molecule has 0 aliphatic carbocycles. The van der Waals surface area contributed by atoms with Gasteiger partial charge in [-0.1, -0.05) is 24.3 Å². The molecule has 2 N–H and O–H groups in total. The van der Waals surface area contributed by atoms with E-state index in [4.69, 9.17) is 4.74 Å². The number of rotatable bonds is 3. The van der Waals surface area contributed by atoms with Gasteiger partial charge in [-0.2, -0.15) is 0 Å². The zero-order valence-electron chi connectivity index (χ0n) is 11.6. The Kier molecular flexibility index (Phi) is 4.12. The van der Waals surface area contributed by atoms with Crippen LogP contribution >= 0.6 is 0 Å². The minimum atomic E-state index is -0.396. The summed E-state index contributed by atoms with van der Waals surface area (Å²) in [4.78, 5) is 16.6. The fraction of sp³-hybridized carbons (Fsp3) is 0.250. The zero-order valence-corrected chi connectivity index (χ0v) is 11.6. The molecule has 1 aliphatic heterocycles. The maximum atomic E-state index is 12.4. The highest BCUT2D eigenvalue weighted by molar-refractivity contribution is 5.84. The molecule has 1 atom stereocenters. The van der Waals surface area contributed by atoms with Crippen LogP contribution in [-0.4, -0.2) is 24.0 Å². The highest BCUT2D eigenvalue weighted by Crippen LogP contribution is 2.26. The molecule has 5 nitrogen and oxygen atoms in total. The van der Waals surface area contributed by atoms with Crippen LogP contribution in [0.3, 0.4) is 0 Å². The fourth-order valence-corrected chi connectivity index (χ4v) is 2.34. The second-order valence-electron chi connectivity index (χ2n) is 4.81. The lowest BCUT2D eigenvalue weighted by Gasteiger charge is -2.17. The van der Waals surface area contributed by atoms with Crippen LogP contribution in [0.2, 0.25) is 0 Å². The molecule has 1 aromatic heterocycles. The van der Waals surface area contributed by atoms with Gasteiger partial charge in [0.05, 0.1) is 12.2 Å². The van der Waals surface area contributed by atoms with Crippen LogP contribution in [0.4, 0.5) is 0 Å². The van der Waals surface area contributed by atoms with E-state index in [9.17, 15) is 4.79 Å². The average Bonchev–Trinajstić information content (AvgIpc) is 2.76. The van der Waals surface area contributed by atoms with Crippen LogP contribution in [0.5, 0.6) is 5.75 Å². The number of benzene rings is 1. The SMILES string of the molecule is O=C(NCc1ccccn1)C1NCCOc2ccccc21. The number of nitrogens with zero attached hydrogens (tertiary/aromatic N) is 1. The lowest BCUT2D eigenvalue weighted by Crippen LogP contribution is -2.37. The van der Waals surface area contributed by atoms with Gasteiger partial charge in [0.25, 0.3) is 0 Å². The number of carbonyl (C=O) groups is 1. The summed E-state index contributed by atoms with van der Waals surface area (Å²) in [7, 11) is 0. The first-order valence-corrected chi connectivity index (χ1v) is 6.97. The van der Waals surface area contributed by atoms with Crippen LogP contribution in [0.15, 0.2) is 48.7 Å². The first-order chi connectivity index (χ1) is 10.3. The van der Waals surface area contributed by atoms with E-state index in [1.807, 2.05) is 42.5 Å². The second-order valence-corrected chi connectivity index (χ2v) is 4.81. The zero-order chi connectivity index (χ0) is 14.5. The molecule has 0 radical (unpaired) electrons. The van der Waals surface area contributed by atoms with Crippen molar-refractivity contribution in [1.82, 2.24) is 15.6 Å². The van der Waals surface area contributed by atoms with Gasteiger partial charge in [-0.05, 0) is 18.2 Å². The molecule has 0 spiro atoms. The molecular weight excluding hydrogens is 266 g/mol. The number of nitrogens with one attached hydrogen (secondary N) is 2. The first-order valence-electron chi connectivity index (χ1n) is 6.97. The third-order valence-corrected chi connectivity index (χ3v) is 3.37. The van der Waals surface area contributed by atoms with E-state index in [1.54, 1.807) is 6.20 Å². The highest BCUT2D eigenvalue weighted by Gasteiger charge is 2.25. The molecule has 0 fully saturated rings. The van der Waals surface area contributed by atoms with Crippen LogP contribution in [0.25, 0.3) is 0 Å². The monoisotopic (exact) mass is 283 g/mol. The summed E-state index contributed by atoms with van der Waals surface area (Å²) >= 11 is 0. The second kappa shape index (κ2) is 6.37. The minimum absolute atomic E-state index is 0.0707. The molecule has 0 saturated heterocycles. The number of hydrogen-bond donors (Lipinski definition) is 2. The third kappa shape index (κ3) is 3.20. The number of para-hydroxylation sites is 1. The van der Waals surface area contributed by atoms with Crippen LogP contribution in [0.1, 0.15) is 17.3 Å². The first kappa shape index (κ1) is 13.6. The van der Waals surface area contributed by atoms with Crippen molar-refractivity contribution in [3.8, 4) is 5.75 Å². The van der Waals surface area contributed by atoms with Crippen molar-refractivity contribution in [2.45, 2.75) is 12.6 Å². The van der Waals surface area contributed by atoms with E-state index in [0.717, 1.165) is 17.0 Å². The van der Waals surface area contributed by atoms with Gasteiger partial charge in [0.15, 0.2) is 0 Å². The maximum absolute atomic E-state index is 12.4. The number of pyridine rings is 1. The Hall–Kier alpha value is -2.40. The van der Waals surface area contributed by atoms with Gasteiger partial charge in [-0.3, -0.25) is 15.1 Å². The molecular formula is C16H17N3O2. The molecule has 1 aromatic carbocycles. The van der Waals surface area contributed by atoms with Crippen molar-refractivity contribution in [3.63, 3.8) is 0 Å². The van der Waals surface area contributed by atoms with Crippen molar-refractivity contribution in [2.24, 2.45) is 0 Å². The normalized spacial score (nSPS) is 17.2. The quantitative estimate of drug-likeness (QED) is 0.894. The summed E-state index contributed by atoms with van der Waals surface area (Å²) in [5, 5.41) is 6.13. The topological polar surface area (TPSA) is 63.2 Å². The number of amides is 1. The lowest BCUT2D eigenvalue weighted by molar-refractivity contribution is -0.123. The number of fused-ring (bicyclic) bond motifs is 1. The molecule has 0 saturated carbocycles. The van der Waals surface area contributed by atoms with Gasteiger partial charge in [0.1, 0.15) is 18.4 Å². The molecule has 3 rings (SSSR count). The minimum Gasteiger partial charge on any atom is -0.492 e. The smallest absolute Gasteiger partial charge is 0.242 e. The van der Waals surface area contributed by atoms with Crippen molar-refractivity contribution in [1.29, 1.82) is 0 Å². The van der Waals surface area contributed by atoms with E-state index in [0.29, 0.717) is 19.7 Å². The van der Waals surface area contributed by atoms with Crippen LogP contribution in [0, 0.1) is 0 Å². The Morgan fingerprint density at radius 1 is 1.29 bits per heavy atom. The van der Waals surface area contributed by atoms with E-state index < -0.39 is 6.04 Å². The summed E-state index contributed by atoms with van der Waals surface area (Å²) < 4.78 is 5.64. The van der Waals surface area contributed by atoms with E-state index >= 15 is 0 Å². The predicted octanol–water partition coefficient (Wildman–Crippen LogP) is 1.42. The Morgan fingerprint density at radius 3 is 3.00 bits per heavy atom. The third-order valence-electron chi connectivity index (χ3n) is 3.37. The molecule has 2 heterocycles. The molecule has 5 heteroatoms. The number of ether oxygens (including phenoxy) is 1. The van der Waals surface area contributed by atoms with Gasteiger partial charge in [0.2, 0.25) is 5.91 Å². The standard InChI is InChI=1S/C16H17N3O2/c20-16(19-11-12-5-3-4-8-17-12)15-13-6-1-2-7-14(13)21-10-9-18-15/h1-8,15,18H,9-11H2,(H,19,20).